The maximum Gasteiger partial charge on any atom is 0.264 e. The van der Waals surface area contributed by atoms with Crippen molar-refractivity contribution in [1.82, 2.24) is 4.90 Å². The highest BCUT2D eigenvalue weighted by atomic mass is 79.9. The topological polar surface area (TPSA) is 20.3 Å². The molecule has 1 amide bonds. The molecule has 0 saturated carbocycles. The van der Waals surface area contributed by atoms with E-state index < -0.39 is 0 Å². The summed E-state index contributed by atoms with van der Waals surface area (Å²) >= 11 is 5.10. The second-order valence-electron chi connectivity index (χ2n) is 4.60. The van der Waals surface area contributed by atoms with Gasteiger partial charge in [-0.15, -0.1) is 11.3 Å². The fraction of sp³-hybridized carbons (Fsp3) is 0.357. The van der Waals surface area contributed by atoms with Crippen LogP contribution in [0.4, 0.5) is 0 Å². The van der Waals surface area contributed by atoms with Crippen LogP contribution in [0.15, 0.2) is 30.3 Å². The molecule has 1 aromatic carbocycles. The summed E-state index contributed by atoms with van der Waals surface area (Å²) in [7, 11) is 0. The van der Waals surface area contributed by atoms with Crippen LogP contribution in [0.1, 0.15) is 22.5 Å². The summed E-state index contributed by atoms with van der Waals surface area (Å²) in [6.07, 6.45) is 2.23. The van der Waals surface area contributed by atoms with Gasteiger partial charge in [0.05, 0.1) is 4.88 Å². The molecule has 1 unspecified atom stereocenters. The lowest BCUT2D eigenvalue weighted by molar-refractivity contribution is 0.0755. The molecule has 2 aromatic rings. The average molecular weight is 324 g/mol. The average Bonchev–Trinajstić information content (AvgIpc) is 3.03. The first-order valence-corrected chi connectivity index (χ1v) is 8.09. The summed E-state index contributed by atoms with van der Waals surface area (Å²) in [5, 5.41) is 2.05. The van der Waals surface area contributed by atoms with Crippen molar-refractivity contribution in [2.45, 2.75) is 18.9 Å². The molecule has 2 heterocycles. The van der Waals surface area contributed by atoms with Gasteiger partial charge in [0.1, 0.15) is 0 Å². The van der Waals surface area contributed by atoms with Crippen LogP contribution < -0.4 is 0 Å². The fourth-order valence-electron chi connectivity index (χ4n) is 2.49. The zero-order valence-electron chi connectivity index (χ0n) is 9.93. The number of benzene rings is 1. The van der Waals surface area contributed by atoms with Gasteiger partial charge in [-0.3, -0.25) is 4.79 Å². The summed E-state index contributed by atoms with van der Waals surface area (Å²) in [6.45, 7) is 0.892. The number of nitrogens with zero attached hydrogens (tertiary/aromatic N) is 1. The highest BCUT2D eigenvalue weighted by Crippen LogP contribution is 2.29. The Morgan fingerprint density at radius 1 is 1.44 bits per heavy atom. The molecule has 0 spiro atoms. The Morgan fingerprint density at radius 2 is 2.28 bits per heavy atom. The molecule has 0 bridgehead atoms. The van der Waals surface area contributed by atoms with Gasteiger partial charge < -0.3 is 4.90 Å². The van der Waals surface area contributed by atoms with Gasteiger partial charge in [-0.1, -0.05) is 34.1 Å². The SMILES string of the molecule is O=C(c1cc2ccccc2s1)N1CCCC1CBr. The zero-order valence-corrected chi connectivity index (χ0v) is 12.3. The molecule has 0 aliphatic carbocycles. The van der Waals surface area contributed by atoms with Crippen LogP contribution in [-0.4, -0.2) is 28.7 Å². The molecule has 1 fully saturated rings. The first-order chi connectivity index (χ1) is 8.79. The van der Waals surface area contributed by atoms with Gasteiger partial charge in [0.15, 0.2) is 0 Å². The highest BCUT2D eigenvalue weighted by Gasteiger charge is 2.29. The van der Waals surface area contributed by atoms with Gasteiger partial charge in [0.2, 0.25) is 0 Å². The molecule has 18 heavy (non-hydrogen) atoms. The number of fused-ring (bicyclic) bond motifs is 1. The van der Waals surface area contributed by atoms with E-state index in [-0.39, 0.29) is 5.91 Å². The van der Waals surface area contributed by atoms with Crippen molar-refractivity contribution in [2.24, 2.45) is 0 Å². The van der Waals surface area contributed by atoms with Crippen molar-refractivity contribution in [3.8, 4) is 0 Å². The molecular formula is C14H14BrNOS. The van der Waals surface area contributed by atoms with Crippen molar-refractivity contribution >= 4 is 43.3 Å². The van der Waals surface area contributed by atoms with Gasteiger partial charge in [0, 0.05) is 22.6 Å². The first kappa shape index (κ1) is 12.2. The minimum Gasteiger partial charge on any atom is -0.334 e. The van der Waals surface area contributed by atoms with E-state index >= 15 is 0 Å². The Balaban J connectivity index is 1.91. The predicted molar refractivity (Wildman–Crippen MR) is 79.7 cm³/mol. The lowest BCUT2D eigenvalue weighted by Gasteiger charge is -2.22. The molecule has 1 aliphatic heterocycles. The molecule has 1 saturated heterocycles. The number of halogens is 1. The number of alkyl halides is 1. The number of hydrogen-bond acceptors (Lipinski definition) is 2. The number of rotatable bonds is 2. The van der Waals surface area contributed by atoms with E-state index in [9.17, 15) is 4.79 Å². The largest absolute Gasteiger partial charge is 0.334 e. The lowest BCUT2D eigenvalue weighted by atomic mass is 10.2. The Morgan fingerprint density at radius 3 is 3.06 bits per heavy atom. The lowest BCUT2D eigenvalue weighted by Crippen LogP contribution is -2.35. The van der Waals surface area contributed by atoms with E-state index in [4.69, 9.17) is 0 Å². The van der Waals surface area contributed by atoms with Crippen LogP contribution in [0.5, 0.6) is 0 Å². The number of thiophene rings is 1. The Kier molecular flexibility index (Phi) is 3.39. The third-order valence-electron chi connectivity index (χ3n) is 3.45. The van der Waals surface area contributed by atoms with E-state index in [1.54, 1.807) is 11.3 Å². The number of hydrogen-bond donors (Lipinski definition) is 0. The molecule has 0 N–H and O–H groups in total. The molecule has 1 atom stereocenters. The molecule has 3 rings (SSSR count). The van der Waals surface area contributed by atoms with Gasteiger partial charge in [-0.25, -0.2) is 0 Å². The predicted octanol–water partition coefficient (Wildman–Crippen LogP) is 3.90. The van der Waals surface area contributed by atoms with Crippen LogP contribution in [0, 0.1) is 0 Å². The minimum atomic E-state index is 0.193. The van der Waals surface area contributed by atoms with Gasteiger partial charge in [-0.05, 0) is 30.4 Å². The molecule has 0 radical (unpaired) electrons. The first-order valence-electron chi connectivity index (χ1n) is 6.15. The molecule has 4 heteroatoms. The van der Waals surface area contributed by atoms with Crippen molar-refractivity contribution in [2.75, 3.05) is 11.9 Å². The number of amides is 1. The third-order valence-corrected chi connectivity index (χ3v) is 5.30. The number of carbonyl (C=O) groups is 1. The summed E-state index contributed by atoms with van der Waals surface area (Å²) < 4.78 is 1.19. The van der Waals surface area contributed by atoms with Gasteiger partial charge in [-0.2, -0.15) is 0 Å². The van der Waals surface area contributed by atoms with Crippen LogP contribution >= 0.6 is 27.3 Å². The third kappa shape index (κ3) is 2.08. The molecule has 94 valence electrons. The van der Waals surface area contributed by atoms with E-state index in [0.717, 1.165) is 29.6 Å². The smallest absolute Gasteiger partial charge is 0.264 e. The van der Waals surface area contributed by atoms with Crippen molar-refractivity contribution in [1.29, 1.82) is 0 Å². The molecule has 1 aromatic heterocycles. The summed E-state index contributed by atoms with van der Waals surface area (Å²) in [6, 6.07) is 10.6. The highest BCUT2D eigenvalue weighted by molar-refractivity contribution is 9.09. The van der Waals surface area contributed by atoms with E-state index in [2.05, 4.69) is 28.1 Å². The van der Waals surface area contributed by atoms with Crippen LogP contribution in [0.25, 0.3) is 10.1 Å². The van der Waals surface area contributed by atoms with Gasteiger partial charge >= 0.3 is 0 Å². The second kappa shape index (κ2) is 5.02. The van der Waals surface area contributed by atoms with Crippen LogP contribution in [0.3, 0.4) is 0 Å². The quantitative estimate of drug-likeness (QED) is 0.767. The van der Waals surface area contributed by atoms with Crippen LogP contribution in [-0.2, 0) is 0 Å². The normalized spacial score (nSPS) is 19.6. The van der Waals surface area contributed by atoms with Crippen molar-refractivity contribution < 1.29 is 4.79 Å². The van der Waals surface area contributed by atoms with E-state index in [1.807, 2.05) is 23.1 Å². The minimum absolute atomic E-state index is 0.193. The zero-order chi connectivity index (χ0) is 12.5. The summed E-state index contributed by atoms with van der Waals surface area (Å²) in [5.74, 6) is 0.193. The van der Waals surface area contributed by atoms with E-state index in [0.29, 0.717) is 6.04 Å². The summed E-state index contributed by atoms with van der Waals surface area (Å²) in [5.41, 5.74) is 0. The Labute approximate surface area is 119 Å². The van der Waals surface area contributed by atoms with E-state index in [1.165, 1.54) is 10.1 Å². The van der Waals surface area contributed by atoms with Gasteiger partial charge in [0.25, 0.3) is 5.91 Å². The van der Waals surface area contributed by atoms with Crippen molar-refractivity contribution in [3.63, 3.8) is 0 Å². The molecular weight excluding hydrogens is 310 g/mol. The molecule has 1 aliphatic rings. The second-order valence-corrected chi connectivity index (χ2v) is 6.33. The Bertz CT molecular complexity index is 547. The van der Waals surface area contributed by atoms with Crippen molar-refractivity contribution in [3.05, 3.63) is 35.2 Å². The number of carbonyl (C=O) groups excluding carboxylic acids is 1. The Hall–Kier alpha value is -0.870. The van der Waals surface area contributed by atoms with Crippen LogP contribution in [0.2, 0.25) is 0 Å². The maximum atomic E-state index is 12.5. The maximum absolute atomic E-state index is 12.5. The standard InChI is InChI=1S/C14H14BrNOS/c15-9-11-5-3-7-16(11)14(17)13-8-10-4-1-2-6-12(10)18-13/h1-2,4,6,8,11H,3,5,7,9H2. The summed E-state index contributed by atoms with van der Waals surface area (Å²) in [4.78, 5) is 15.4. The molecule has 2 nitrogen and oxygen atoms in total. The fourth-order valence-corrected chi connectivity index (χ4v) is 4.18. The number of likely N-dealkylation sites (tertiary alicyclic amines) is 1. The monoisotopic (exact) mass is 323 g/mol.